The second kappa shape index (κ2) is 7.29. The lowest BCUT2D eigenvalue weighted by Crippen LogP contribution is -2.39. The Bertz CT molecular complexity index is 841. The molecule has 1 amide bonds. The lowest BCUT2D eigenvalue weighted by molar-refractivity contribution is 0.0933. The number of nitrogens with zero attached hydrogens (tertiary/aromatic N) is 2. The molecule has 1 aromatic carbocycles. The molecular weight excluding hydrogens is 332 g/mol. The molecule has 1 aliphatic heterocycles. The third-order valence-electron chi connectivity index (χ3n) is 5.01. The molecule has 26 heavy (non-hydrogen) atoms. The van der Waals surface area contributed by atoms with Gasteiger partial charge in [0.1, 0.15) is 0 Å². The maximum absolute atomic E-state index is 12.6. The van der Waals surface area contributed by atoms with Crippen molar-refractivity contribution in [3.05, 3.63) is 57.5 Å². The number of hydrogen-bond donors (Lipinski definition) is 2. The Kier molecular flexibility index (Phi) is 4.71. The topological polar surface area (TPSA) is 87.3 Å². The fraction of sp³-hybridized carbons (Fsp3) is 0.421. The summed E-state index contributed by atoms with van der Waals surface area (Å²) in [4.78, 5) is 26.2. The molecule has 7 nitrogen and oxygen atoms in total. The predicted octanol–water partition coefficient (Wildman–Crippen LogP) is 0.894. The van der Waals surface area contributed by atoms with E-state index in [1.165, 1.54) is 0 Å². The van der Waals surface area contributed by atoms with E-state index < -0.39 is 0 Å². The summed E-state index contributed by atoms with van der Waals surface area (Å²) in [6, 6.07) is 9.31. The number of hydrogen-bond acceptors (Lipinski definition) is 5. The Labute approximate surface area is 151 Å². The molecule has 0 spiro atoms. The van der Waals surface area contributed by atoms with Gasteiger partial charge < -0.3 is 15.0 Å². The molecule has 0 bridgehead atoms. The average Bonchev–Trinajstić information content (AvgIpc) is 2.68. The van der Waals surface area contributed by atoms with Crippen molar-refractivity contribution in [3.63, 3.8) is 0 Å². The number of aryl methyl sites for hydroxylation is 1. The monoisotopic (exact) mass is 354 g/mol. The van der Waals surface area contributed by atoms with Crippen LogP contribution in [-0.2, 0) is 17.6 Å². The van der Waals surface area contributed by atoms with Crippen LogP contribution in [0.15, 0.2) is 35.1 Å². The minimum atomic E-state index is -0.200. The fourth-order valence-corrected chi connectivity index (χ4v) is 3.58. The van der Waals surface area contributed by atoms with Gasteiger partial charge in [0.05, 0.1) is 18.9 Å². The van der Waals surface area contributed by atoms with Crippen molar-refractivity contribution in [2.75, 3.05) is 31.2 Å². The number of benzene rings is 1. The second-order valence-electron chi connectivity index (χ2n) is 6.76. The Morgan fingerprint density at radius 3 is 2.77 bits per heavy atom. The fourth-order valence-electron chi connectivity index (χ4n) is 3.58. The third-order valence-corrected chi connectivity index (χ3v) is 5.01. The van der Waals surface area contributed by atoms with Gasteiger partial charge in [0, 0.05) is 36.4 Å². The highest BCUT2D eigenvalue weighted by atomic mass is 16.5. The summed E-state index contributed by atoms with van der Waals surface area (Å²) in [6.45, 7) is 3.23. The zero-order chi connectivity index (χ0) is 17.9. The number of aromatic nitrogens is 2. The van der Waals surface area contributed by atoms with E-state index in [0.717, 1.165) is 56.1 Å². The van der Waals surface area contributed by atoms with Gasteiger partial charge >= 0.3 is 0 Å². The Morgan fingerprint density at radius 1 is 1.23 bits per heavy atom. The van der Waals surface area contributed by atoms with E-state index in [2.05, 4.69) is 20.4 Å². The molecular formula is C19H22N4O3. The van der Waals surface area contributed by atoms with Crippen LogP contribution >= 0.6 is 0 Å². The van der Waals surface area contributed by atoms with Crippen LogP contribution in [0.2, 0.25) is 0 Å². The minimum absolute atomic E-state index is 0.0255. The number of H-pyrrole nitrogens is 1. The molecule has 1 saturated heterocycles. The van der Waals surface area contributed by atoms with Gasteiger partial charge in [-0.15, -0.1) is 0 Å². The number of amides is 1. The van der Waals surface area contributed by atoms with Gasteiger partial charge in [-0.05, 0) is 49.1 Å². The molecule has 4 rings (SSSR count). The first-order valence-electron chi connectivity index (χ1n) is 9.00. The zero-order valence-corrected chi connectivity index (χ0v) is 14.5. The number of carbonyl (C=O) groups excluding carboxylic acids is 1. The lowest BCUT2D eigenvalue weighted by atomic mass is 9.92. The number of anilines is 1. The van der Waals surface area contributed by atoms with E-state index in [1.807, 2.05) is 24.3 Å². The van der Waals surface area contributed by atoms with E-state index >= 15 is 0 Å². The third kappa shape index (κ3) is 3.62. The van der Waals surface area contributed by atoms with E-state index in [-0.39, 0.29) is 17.5 Å². The lowest BCUT2D eigenvalue weighted by Gasteiger charge is -2.29. The number of fused-ring (bicyclic) bond motifs is 1. The summed E-state index contributed by atoms with van der Waals surface area (Å²) in [5, 5.41) is 9.63. The summed E-state index contributed by atoms with van der Waals surface area (Å²) in [5.74, 6) is -0.0789. The molecule has 2 aliphatic rings. The minimum Gasteiger partial charge on any atom is -0.378 e. The first-order valence-corrected chi connectivity index (χ1v) is 9.00. The van der Waals surface area contributed by atoms with E-state index in [1.54, 1.807) is 6.07 Å². The van der Waals surface area contributed by atoms with Crippen LogP contribution in [0.3, 0.4) is 0 Å². The molecule has 1 atom stereocenters. The number of rotatable bonds is 3. The number of carbonyl (C=O) groups is 1. The highest BCUT2D eigenvalue weighted by molar-refractivity contribution is 5.94. The maximum atomic E-state index is 12.6. The molecule has 0 radical (unpaired) electrons. The van der Waals surface area contributed by atoms with E-state index in [0.29, 0.717) is 12.0 Å². The van der Waals surface area contributed by atoms with Crippen LogP contribution in [0.4, 0.5) is 5.69 Å². The Hall–Kier alpha value is -2.67. The molecule has 2 aromatic rings. The van der Waals surface area contributed by atoms with Crippen molar-refractivity contribution in [1.29, 1.82) is 0 Å². The number of ether oxygens (including phenoxy) is 1. The molecule has 2 N–H and O–H groups in total. The van der Waals surface area contributed by atoms with Crippen molar-refractivity contribution in [1.82, 2.24) is 15.5 Å². The first kappa shape index (κ1) is 16.8. The van der Waals surface area contributed by atoms with Crippen LogP contribution in [0, 0.1) is 0 Å². The highest BCUT2D eigenvalue weighted by Gasteiger charge is 2.22. The van der Waals surface area contributed by atoms with Crippen LogP contribution in [0.5, 0.6) is 0 Å². The zero-order valence-electron chi connectivity index (χ0n) is 14.5. The molecule has 1 fully saturated rings. The number of morpholine rings is 1. The quantitative estimate of drug-likeness (QED) is 0.855. The molecule has 2 heterocycles. The van der Waals surface area contributed by atoms with E-state index in [9.17, 15) is 9.59 Å². The van der Waals surface area contributed by atoms with Gasteiger partial charge in [-0.2, -0.15) is 5.10 Å². The van der Waals surface area contributed by atoms with Gasteiger partial charge in [0.2, 0.25) is 0 Å². The summed E-state index contributed by atoms with van der Waals surface area (Å²) < 4.78 is 5.37. The van der Waals surface area contributed by atoms with Crippen molar-refractivity contribution in [3.8, 4) is 0 Å². The first-order chi connectivity index (χ1) is 12.7. The summed E-state index contributed by atoms with van der Waals surface area (Å²) in [6.07, 6.45) is 2.22. The van der Waals surface area contributed by atoms with Crippen molar-refractivity contribution in [2.24, 2.45) is 0 Å². The largest absolute Gasteiger partial charge is 0.378 e. The molecule has 7 heteroatoms. The number of aromatic amines is 1. The van der Waals surface area contributed by atoms with Crippen LogP contribution < -0.4 is 15.8 Å². The SMILES string of the molecule is O=C(N[C@H]1CCc2n[nH]c(=O)cc2C1)c1ccc(N2CCOCC2)cc1. The number of nitrogens with one attached hydrogen (secondary N) is 2. The standard InChI is InChI=1S/C19H22N4O3/c24-18-12-14-11-15(3-6-17(14)21-22-18)20-19(25)13-1-4-16(5-2-13)23-7-9-26-10-8-23/h1-2,4-5,12,15H,3,6-11H2,(H,20,25)(H,22,24)/t15-/m0/s1. The molecule has 0 unspecified atom stereocenters. The van der Waals surface area contributed by atoms with Gasteiger partial charge in [-0.3, -0.25) is 9.59 Å². The van der Waals surface area contributed by atoms with Crippen molar-refractivity contribution in [2.45, 2.75) is 25.3 Å². The van der Waals surface area contributed by atoms with Gasteiger partial charge in [-0.25, -0.2) is 5.10 Å². The molecule has 1 aliphatic carbocycles. The van der Waals surface area contributed by atoms with Crippen LogP contribution in [-0.4, -0.2) is 48.4 Å². The van der Waals surface area contributed by atoms with Gasteiger partial charge in [0.15, 0.2) is 0 Å². The molecule has 1 aromatic heterocycles. The van der Waals surface area contributed by atoms with Crippen LogP contribution in [0.25, 0.3) is 0 Å². The van der Waals surface area contributed by atoms with E-state index in [4.69, 9.17) is 4.74 Å². The Balaban J connectivity index is 1.39. The van der Waals surface area contributed by atoms with Gasteiger partial charge in [-0.1, -0.05) is 0 Å². The summed E-state index contributed by atoms with van der Waals surface area (Å²) in [5.41, 5.74) is 3.41. The van der Waals surface area contributed by atoms with Gasteiger partial charge in [0.25, 0.3) is 11.5 Å². The smallest absolute Gasteiger partial charge is 0.264 e. The predicted molar refractivity (Wildman–Crippen MR) is 97.6 cm³/mol. The summed E-state index contributed by atoms with van der Waals surface area (Å²) in [7, 11) is 0. The summed E-state index contributed by atoms with van der Waals surface area (Å²) >= 11 is 0. The normalized spacial score (nSPS) is 19.7. The van der Waals surface area contributed by atoms with Crippen LogP contribution in [0.1, 0.15) is 28.0 Å². The highest BCUT2D eigenvalue weighted by Crippen LogP contribution is 2.19. The Morgan fingerprint density at radius 2 is 2.00 bits per heavy atom. The second-order valence-corrected chi connectivity index (χ2v) is 6.76. The molecule has 136 valence electrons. The molecule has 0 saturated carbocycles. The maximum Gasteiger partial charge on any atom is 0.264 e. The van der Waals surface area contributed by atoms with Crippen molar-refractivity contribution < 1.29 is 9.53 Å². The average molecular weight is 354 g/mol. The van der Waals surface area contributed by atoms with Crippen molar-refractivity contribution >= 4 is 11.6 Å².